The Kier molecular flexibility index (Phi) is 76.8. The third-order valence-electron chi connectivity index (χ3n) is 16.3. The molecule has 1 N–H and O–H groups in total. The molecule has 24 heteroatoms. The molecule has 0 heterocycles. The van der Waals surface area contributed by atoms with Gasteiger partial charge < -0.3 is 56.8 Å². The maximum atomic E-state index is 13.1. The first kappa shape index (κ1) is 100.0. The van der Waals surface area contributed by atoms with E-state index in [0.29, 0.717) is 44.9 Å². The number of hydrogen-bond acceptors (Lipinski definition) is 20. The second kappa shape index (κ2) is 74.5. The Morgan fingerprint density at radius 2 is 0.660 bits per heavy atom. The van der Waals surface area contributed by atoms with Gasteiger partial charge in [-0.3, -0.25) is 23.7 Å². The van der Waals surface area contributed by atoms with Gasteiger partial charge in [0.15, 0.2) is 6.10 Å². The molecule has 3 unspecified atom stereocenters. The number of aliphatic hydroxyl groups excluding tert-OH is 1. The number of carbonyl (C=O) groups is 5. The summed E-state index contributed by atoms with van der Waals surface area (Å²) in [6.07, 6.45) is 55.1. The van der Waals surface area contributed by atoms with Gasteiger partial charge in [-0.05, 0) is 120 Å². The fourth-order valence-corrected chi connectivity index (χ4v) is 12.5. The molecule has 0 aliphatic rings. The third-order valence-corrected chi connectivity index (χ3v) is 18.7. The Hall–Kier alpha value is -1.19. The molecule has 0 aliphatic carbocycles. The van der Waals surface area contributed by atoms with E-state index in [2.05, 4.69) is 79.0 Å². The summed E-state index contributed by atoms with van der Waals surface area (Å²) < 4.78 is 65.9. The topological polar surface area (TPSA) is 272 Å². The first-order chi connectivity index (χ1) is 46.1. The molecule has 0 amide bonds. The third kappa shape index (κ3) is 74.3. The van der Waals surface area contributed by atoms with E-state index < -0.39 is 96.2 Å². The minimum Gasteiger partial charge on any atom is -0.778 e. The molecule has 0 bridgehead atoms. The van der Waals surface area contributed by atoms with Gasteiger partial charge in [-0.2, -0.15) is 0 Å². The molecule has 0 fully saturated rings. The summed E-state index contributed by atoms with van der Waals surface area (Å²) in [5.74, 6) is -2.79. The van der Waals surface area contributed by atoms with Crippen LogP contribution in [0.1, 0.15) is 342 Å². The predicted molar refractivity (Wildman–Crippen MR) is 377 cm³/mol. The molecule has 0 aliphatic heterocycles. The molecule has 0 aromatic rings. The number of carbonyl (C=O) groups excluding carboxylic acids is 5. The summed E-state index contributed by atoms with van der Waals surface area (Å²) in [5.41, 5.74) is 0. The van der Waals surface area contributed by atoms with Crippen molar-refractivity contribution in [1.82, 2.24) is 0 Å². The van der Waals surface area contributed by atoms with Crippen molar-refractivity contribution < 1.29 is 144 Å². The van der Waals surface area contributed by atoms with Crippen LogP contribution < -0.4 is 68.9 Å². The van der Waals surface area contributed by atoms with Gasteiger partial charge in [-0.1, -0.05) is 231 Å². The average molecular weight is 1450 g/mol. The number of esters is 4. The minimum atomic E-state index is -5.24. The minimum absolute atomic E-state index is 0. The SMILES string of the molecule is CCCCCCCC/C=C\CCCCCCCC(=O)OC[C@H](CCP(=O)([O-])OCC(O)COP(=O)([O-])OC[C@@H](COC(=O)CCCCCCCC(=O)ON=S)OC(=O)CCCCCCC/C=C\CCCCCCCC)OC(=O)CCCCCCC/C=C\CCCCCCCC.[Na+].[Na+]. The van der Waals surface area contributed by atoms with Crippen LogP contribution >= 0.6 is 15.4 Å². The fourth-order valence-electron chi connectivity index (χ4n) is 10.5. The average Bonchev–Trinajstić information content (AvgIpc) is 1.02. The monoisotopic (exact) mass is 1450 g/mol. The zero-order valence-electron chi connectivity index (χ0n) is 61.4. The van der Waals surface area contributed by atoms with E-state index >= 15 is 0 Å². The Balaban J connectivity index is -0.0000442. The van der Waals surface area contributed by atoms with Crippen LogP contribution in [0.2, 0.25) is 0 Å². The molecule has 19 nitrogen and oxygen atoms in total. The molecule has 0 spiro atoms. The van der Waals surface area contributed by atoms with Crippen molar-refractivity contribution in [3.63, 3.8) is 0 Å². The molecule has 0 aromatic carbocycles. The van der Waals surface area contributed by atoms with Crippen LogP contribution in [0.5, 0.6) is 0 Å². The van der Waals surface area contributed by atoms with Gasteiger partial charge in [0.05, 0.1) is 32.2 Å². The number of allylic oxidation sites excluding steroid dienone is 6. The van der Waals surface area contributed by atoms with Crippen molar-refractivity contribution in [2.75, 3.05) is 39.2 Å². The first-order valence-electron chi connectivity index (χ1n) is 37.5. The van der Waals surface area contributed by atoms with Crippen molar-refractivity contribution >= 4 is 57.7 Å². The smallest absolute Gasteiger partial charge is 0.778 e. The number of unbranched alkanes of at least 4 members (excludes halogenated alkanes) is 37. The second-order valence-electron chi connectivity index (χ2n) is 25.5. The van der Waals surface area contributed by atoms with E-state index in [1.807, 2.05) is 0 Å². The van der Waals surface area contributed by atoms with Crippen LogP contribution in [-0.4, -0.2) is 92.5 Å². The summed E-state index contributed by atoms with van der Waals surface area (Å²) in [6.45, 7) is 3.17. The molecular weight excluding hydrogens is 1320 g/mol. The predicted octanol–water partition coefficient (Wildman–Crippen LogP) is 12.8. The van der Waals surface area contributed by atoms with E-state index in [9.17, 15) is 48.0 Å². The van der Waals surface area contributed by atoms with Gasteiger partial charge in [0, 0.05) is 38.3 Å². The van der Waals surface area contributed by atoms with Crippen molar-refractivity contribution in [1.29, 1.82) is 0 Å². The van der Waals surface area contributed by atoms with Crippen LogP contribution in [0.15, 0.2) is 41.0 Å². The van der Waals surface area contributed by atoms with E-state index in [1.54, 1.807) is 0 Å². The van der Waals surface area contributed by atoms with Gasteiger partial charge >= 0.3 is 89.0 Å². The van der Waals surface area contributed by atoms with Crippen molar-refractivity contribution in [2.24, 2.45) is 4.53 Å². The number of hydrogen-bond donors (Lipinski definition) is 1. The van der Waals surface area contributed by atoms with Crippen molar-refractivity contribution in [2.45, 2.75) is 360 Å². The largest absolute Gasteiger partial charge is 1.00 e. The zero-order valence-corrected chi connectivity index (χ0v) is 68.0. The van der Waals surface area contributed by atoms with Crippen LogP contribution in [0, 0.1) is 0 Å². The molecular formula is C73H131NNa2O18P2S. The van der Waals surface area contributed by atoms with Gasteiger partial charge in [0.2, 0.25) is 0 Å². The van der Waals surface area contributed by atoms with Crippen LogP contribution in [0.4, 0.5) is 0 Å². The molecule has 0 rings (SSSR count). The van der Waals surface area contributed by atoms with E-state index in [-0.39, 0.29) is 104 Å². The van der Waals surface area contributed by atoms with Crippen LogP contribution in [-0.2, 0) is 82.9 Å². The van der Waals surface area contributed by atoms with Crippen molar-refractivity contribution in [3.8, 4) is 0 Å². The number of nitrogens with zero attached hydrogens (tertiary/aromatic N) is 1. The summed E-state index contributed by atoms with van der Waals surface area (Å²) >= 11 is 4.27. The molecule has 97 heavy (non-hydrogen) atoms. The number of rotatable bonds is 72. The zero-order chi connectivity index (χ0) is 69.8. The van der Waals surface area contributed by atoms with E-state index in [4.69, 9.17) is 32.5 Å². The van der Waals surface area contributed by atoms with Gasteiger partial charge in [-0.15, -0.1) is 0 Å². The normalized spacial score (nSPS) is 13.7. The summed E-state index contributed by atoms with van der Waals surface area (Å²) in [4.78, 5) is 93.4. The van der Waals surface area contributed by atoms with Gasteiger partial charge in [-0.25, -0.2) is 4.79 Å². The van der Waals surface area contributed by atoms with Crippen LogP contribution in [0.25, 0.3) is 0 Å². The molecule has 0 radical (unpaired) electrons. The Morgan fingerprint density at radius 3 is 1.01 bits per heavy atom. The number of aliphatic hydroxyl groups is 1. The van der Waals surface area contributed by atoms with E-state index in [1.165, 1.54) is 116 Å². The standard InChI is InChI=1S/C73H133NO18P2S.2Na/c1-4-7-10-13-16-19-22-25-28-31-34-37-40-44-49-54-69(76)85-63-67(90-71(78)56-51-45-41-38-35-32-29-26-23-20-17-14-11-8-5-2)59-60-93(81,82)87-61-66(75)62-88-94(83,84)89-65-68(64-86-70(77)55-50-47-43-48-53-58-73(80)92-74-95)91-72(79)57-52-46-42-39-36-33-30-27-24-21-18-15-12-9-6-3;;/h25-30,66-68,75H,4-24,31-65H2,1-3H3,(H,81,82)(H,83,84);;/q;2*+1/p-2/b28-25-,29-26-,30-27-;;/t66?,67-,68+;;/m0../s1. The Bertz CT molecular complexity index is 2080. The number of phosphoric acid groups is 1. The summed E-state index contributed by atoms with van der Waals surface area (Å²) in [5, 5.41) is 10.6. The maximum absolute atomic E-state index is 13.1. The Labute approximate surface area is 637 Å². The molecule has 0 saturated carbocycles. The first-order valence-corrected chi connectivity index (χ1v) is 41.0. The fraction of sp³-hybridized carbons (Fsp3) is 0.849. The summed E-state index contributed by atoms with van der Waals surface area (Å²) in [6, 6.07) is 0. The maximum Gasteiger partial charge on any atom is 1.00 e. The summed E-state index contributed by atoms with van der Waals surface area (Å²) in [7, 11) is -9.99. The van der Waals surface area contributed by atoms with Crippen LogP contribution in [0.3, 0.4) is 0 Å². The molecule has 0 saturated heterocycles. The van der Waals surface area contributed by atoms with Gasteiger partial charge in [0.25, 0.3) is 7.82 Å². The molecule has 0 aromatic heterocycles. The quantitative estimate of drug-likeness (QED) is 0.0113. The molecule has 5 atom stereocenters. The Morgan fingerprint density at radius 1 is 0.381 bits per heavy atom. The van der Waals surface area contributed by atoms with Gasteiger partial charge in [0.1, 0.15) is 33.0 Å². The van der Waals surface area contributed by atoms with E-state index in [0.717, 1.165) is 122 Å². The molecule has 554 valence electrons. The second-order valence-corrected chi connectivity index (χ2v) is 29.0. The van der Waals surface area contributed by atoms with Crippen molar-refractivity contribution in [3.05, 3.63) is 36.5 Å². The number of phosphoric ester groups is 1. The number of ether oxygens (including phenoxy) is 4.